The third-order valence-corrected chi connectivity index (χ3v) is 4.56. The summed E-state index contributed by atoms with van der Waals surface area (Å²) < 4.78 is 15.2. The Morgan fingerprint density at radius 2 is 2.04 bits per heavy atom. The van der Waals surface area contributed by atoms with Crippen molar-refractivity contribution in [3.8, 4) is 0 Å². The van der Waals surface area contributed by atoms with Gasteiger partial charge in [-0.15, -0.1) is 0 Å². The van der Waals surface area contributed by atoms with Crippen molar-refractivity contribution in [3.05, 3.63) is 77.0 Å². The maximum absolute atomic E-state index is 13.5. The number of fused-ring (bicyclic) bond motifs is 1. The Morgan fingerprint density at radius 1 is 1.27 bits per heavy atom. The number of aromatic nitrogens is 1. The van der Waals surface area contributed by atoms with Crippen molar-refractivity contribution < 1.29 is 14.3 Å². The van der Waals surface area contributed by atoms with Gasteiger partial charge in [0.15, 0.2) is 11.5 Å². The molecule has 0 saturated heterocycles. The van der Waals surface area contributed by atoms with Gasteiger partial charge in [0.25, 0.3) is 0 Å². The van der Waals surface area contributed by atoms with E-state index in [9.17, 15) is 14.3 Å². The molecule has 3 aromatic rings. The number of nitrogens with zero attached hydrogens (tertiary/aromatic N) is 2. The van der Waals surface area contributed by atoms with Crippen molar-refractivity contribution in [2.24, 2.45) is 0 Å². The van der Waals surface area contributed by atoms with E-state index in [1.54, 1.807) is 35.0 Å². The molecular formula is C21H19FN2O2. The summed E-state index contributed by atoms with van der Waals surface area (Å²) >= 11 is 0. The molecule has 0 aliphatic heterocycles. The van der Waals surface area contributed by atoms with Gasteiger partial charge in [-0.05, 0) is 54.6 Å². The Hall–Kier alpha value is -2.97. The smallest absolute Gasteiger partial charge is 0.190 e. The van der Waals surface area contributed by atoms with Gasteiger partial charge in [0.2, 0.25) is 0 Å². The fraction of sp³-hybridized carbons (Fsp3) is 0.238. The van der Waals surface area contributed by atoms with Crippen molar-refractivity contribution >= 4 is 22.4 Å². The molecule has 0 fully saturated rings. The Kier molecular flexibility index (Phi) is 4.62. The van der Waals surface area contributed by atoms with Gasteiger partial charge in [0.05, 0.1) is 18.6 Å². The molecule has 4 nitrogen and oxygen atoms in total. The van der Waals surface area contributed by atoms with Crippen LogP contribution in [0, 0.1) is 19.3 Å². The first-order chi connectivity index (χ1) is 12.3. The second-order valence-electron chi connectivity index (χ2n) is 6.75. The van der Waals surface area contributed by atoms with Gasteiger partial charge >= 0.3 is 0 Å². The van der Waals surface area contributed by atoms with Crippen molar-refractivity contribution in [1.29, 1.82) is 0 Å². The van der Waals surface area contributed by atoms with Crippen LogP contribution in [-0.4, -0.2) is 21.1 Å². The predicted molar refractivity (Wildman–Crippen MR) is 98.7 cm³/mol. The zero-order valence-electron chi connectivity index (χ0n) is 14.7. The summed E-state index contributed by atoms with van der Waals surface area (Å²) in [5.74, 6) is -0.690. The normalized spacial score (nSPS) is 13.3. The predicted octanol–water partition coefficient (Wildman–Crippen LogP) is 4.20. The quantitative estimate of drug-likeness (QED) is 0.701. The van der Waals surface area contributed by atoms with Crippen LogP contribution in [-0.2, 0) is 17.8 Å². The van der Waals surface area contributed by atoms with Gasteiger partial charge in [-0.1, -0.05) is 18.2 Å². The second-order valence-corrected chi connectivity index (χ2v) is 6.75. The highest BCUT2D eigenvalue weighted by Crippen LogP contribution is 2.23. The Labute approximate surface area is 151 Å². The minimum atomic E-state index is -1.59. The van der Waals surface area contributed by atoms with Crippen LogP contribution in [0.25, 0.3) is 15.7 Å². The number of aliphatic hydroxyl groups is 1. The number of rotatable bonds is 5. The van der Waals surface area contributed by atoms with Crippen LogP contribution >= 0.6 is 0 Å². The minimum absolute atomic E-state index is 0.0396. The highest BCUT2D eigenvalue weighted by molar-refractivity contribution is 5.89. The van der Waals surface area contributed by atoms with Crippen LogP contribution < -0.4 is 0 Å². The number of carbonyl (C=O) groups excluding carboxylic acids is 1. The standard InChI is InChI=1S/C21H19FN2O2/c1-14-10-15(4-7-18(14)23-3)11-20(25)21(2,26)13-24-9-8-16-5-6-17(22)12-19(16)24/h4-10,12,26H,11,13H2,1-2H3/t21-/m0/s1. The van der Waals surface area contributed by atoms with Crippen molar-refractivity contribution in [2.75, 3.05) is 0 Å². The Bertz CT molecular complexity index is 1030. The molecule has 0 unspecified atom stereocenters. The lowest BCUT2D eigenvalue weighted by Crippen LogP contribution is -2.40. The molecule has 0 bridgehead atoms. The molecule has 0 saturated carbocycles. The summed E-state index contributed by atoms with van der Waals surface area (Å²) in [6.07, 6.45) is 1.81. The first-order valence-electron chi connectivity index (χ1n) is 8.27. The molecule has 26 heavy (non-hydrogen) atoms. The van der Waals surface area contributed by atoms with Gasteiger partial charge in [0.1, 0.15) is 11.4 Å². The van der Waals surface area contributed by atoms with Crippen LogP contribution in [0.4, 0.5) is 10.1 Å². The average Bonchev–Trinajstić information content (AvgIpc) is 2.96. The van der Waals surface area contributed by atoms with E-state index < -0.39 is 5.60 Å². The largest absolute Gasteiger partial charge is 0.380 e. The van der Waals surface area contributed by atoms with Crippen molar-refractivity contribution in [3.63, 3.8) is 0 Å². The summed E-state index contributed by atoms with van der Waals surface area (Å²) in [6, 6.07) is 11.5. The highest BCUT2D eigenvalue weighted by Gasteiger charge is 2.30. The van der Waals surface area contributed by atoms with E-state index in [1.807, 2.05) is 13.0 Å². The summed E-state index contributed by atoms with van der Waals surface area (Å²) in [7, 11) is 0. The summed E-state index contributed by atoms with van der Waals surface area (Å²) in [4.78, 5) is 16.0. The van der Waals surface area contributed by atoms with E-state index in [0.717, 1.165) is 16.5 Å². The highest BCUT2D eigenvalue weighted by atomic mass is 19.1. The van der Waals surface area contributed by atoms with E-state index >= 15 is 0 Å². The molecule has 1 aromatic heterocycles. The number of halogens is 1. The molecule has 132 valence electrons. The molecule has 0 aliphatic rings. The van der Waals surface area contributed by atoms with Gasteiger partial charge in [-0.25, -0.2) is 9.24 Å². The number of hydrogen-bond acceptors (Lipinski definition) is 2. The third-order valence-electron chi connectivity index (χ3n) is 4.56. The van der Waals surface area contributed by atoms with E-state index in [0.29, 0.717) is 11.2 Å². The maximum Gasteiger partial charge on any atom is 0.190 e. The van der Waals surface area contributed by atoms with Crippen LogP contribution in [0.5, 0.6) is 0 Å². The fourth-order valence-electron chi connectivity index (χ4n) is 3.04. The number of ketones is 1. The van der Waals surface area contributed by atoms with Crippen LogP contribution in [0.15, 0.2) is 48.7 Å². The number of carbonyl (C=O) groups is 1. The molecule has 1 atom stereocenters. The topological polar surface area (TPSA) is 46.6 Å². The van der Waals surface area contributed by atoms with Crippen LogP contribution in [0.3, 0.4) is 0 Å². The summed E-state index contributed by atoms with van der Waals surface area (Å²) in [5, 5.41) is 11.5. The molecule has 0 radical (unpaired) electrons. The molecule has 3 rings (SSSR count). The van der Waals surface area contributed by atoms with Gasteiger partial charge in [-0.3, -0.25) is 4.79 Å². The first kappa shape index (κ1) is 17.8. The van der Waals surface area contributed by atoms with E-state index in [1.165, 1.54) is 19.1 Å². The fourth-order valence-corrected chi connectivity index (χ4v) is 3.04. The lowest BCUT2D eigenvalue weighted by molar-refractivity contribution is -0.136. The molecule has 2 aromatic carbocycles. The zero-order chi connectivity index (χ0) is 18.9. The summed E-state index contributed by atoms with van der Waals surface area (Å²) in [5.41, 5.74) is 1.15. The van der Waals surface area contributed by atoms with Crippen molar-refractivity contribution in [1.82, 2.24) is 4.57 Å². The Morgan fingerprint density at radius 3 is 2.73 bits per heavy atom. The number of Topliss-reactive ketones (excluding diaryl/α,β-unsaturated/α-hetero) is 1. The number of hydrogen-bond donors (Lipinski definition) is 1. The van der Waals surface area contributed by atoms with Gasteiger partial charge in [-0.2, -0.15) is 0 Å². The van der Waals surface area contributed by atoms with E-state index in [4.69, 9.17) is 6.57 Å². The van der Waals surface area contributed by atoms with Crippen LogP contribution in [0.1, 0.15) is 18.1 Å². The number of aryl methyl sites for hydroxylation is 1. The molecule has 0 aliphatic carbocycles. The minimum Gasteiger partial charge on any atom is -0.380 e. The Balaban J connectivity index is 1.80. The summed E-state index contributed by atoms with van der Waals surface area (Å²) in [6.45, 7) is 10.4. The zero-order valence-corrected chi connectivity index (χ0v) is 14.7. The molecular weight excluding hydrogens is 331 g/mol. The molecule has 1 heterocycles. The molecule has 1 N–H and O–H groups in total. The third kappa shape index (κ3) is 3.51. The number of benzene rings is 2. The lowest BCUT2D eigenvalue weighted by atomic mass is 9.94. The molecule has 0 amide bonds. The molecule has 5 heteroatoms. The van der Waals surface area contributed by atoms with Crippen LogP contribution in [0.2, 0.25) is 0 Å². The van der Waals surface area contributed by atoms with Gasteiger partial charge in [0, 0.05) is 12.6 Å². The van der Waals surface area contributed by atoms with E-state index in [2.05, 4.69) is 4.85 Å². The van der Waals surface area contributed by atoms with Crippen molar-refractivity contribution in [2.45, 2.75) is 32.4 Å². The molecule has 0 spiro atoms. The van der Waals surface area contributed by atoms with Gasteiger partial charge < -0.3 is 9.67 Å². The second kappa shape index (κ2) is 6.74. The average molecular weight is 350 g/mol. The maximum atomic E-state index is 13.5. The monoisotopic (exact) mass is 350 g/mol. The lowest BCUT2D eigenvalue weighted by Gasteiger charge is -2.23. The SMILES string of the molecule is [C-]#[N+]c1ccc(CC(=O)[C@@](C)(O)Cn2ccc3ccc(F)cc32)cc1C. The first-order valence-corrected chi connectivity index (χ1v) is 8.27. The van der Waals surface area contributed by atoms with E-state index in [-0.39, 0.29) is 24.6 Å².